The van der Waals surface area contributed by atoms with E-state index >= 15 is 0 Å². The number of nitrogens with zero attached hydrogens (tertiary/aromatic N) is 4. The third kappa shape index (κ3) is 3.80. The monoisotopic (exact) mass is 417 g/mol. The van der Waals surface area contributed by atoms with E-state index in [2.05, 4.69) is 29.2 Å². The number of rotatable bonds is 5. The first kappa shape index (κ1) is 20.1. The molecule has 1 N–H and O–H groups in total. The highest BCUT2D eigenvalue weighted by Gasteiger charge is 2.37. The molecule has 0 saturated carbocycles. The van der Waals surface area contributed by atoms with Gasteiger partial charge in [0.05, 0.1) is 5.57 Å². The SMILES string of the molecule is CC[C@H](C1=NN2C(=N)/C(=C\c3ccc(N(C)C)cc3)C(=O)N=C2S1)c1ccccc1. The van der Waals surface area contributed by atoms with Crippen molar-refractivity contribution in [1.82, 2.24) is 5.01 Å². The van der Waals surface area contributed by atoms with Crippen LogP contribution < -0.4 is 4.90 Å². The van der Waals surface area contributed by atoms with Crippen LogP contribution in [0.3, 0.4) is 0 Å². The second-order valence-corrected chi connectivity index (χ2v) is 8.30. The van der Waals surface area contributed by atoms with Crippen LogP contribution in [-0.2, 0) is 4.79 Å². The Morgan fingerprint density at radius 3 is 2.47 bits per heavy atom. The maximum atomic E-state index is 12.6. The van der Waals surface area contributed by atoms with Gasteiger partial charge < -0.3 is 4.90 Å². The molecular formula is C23H23N5OS. The lowest BCUT2D eigenvalue weighted by atomic mass is 9.98. The number of nitrogens with one attached hydrogen (secondary N) is 1. The van der Waals surface area contributed by atoms with Gasteiger partial charge in [-0.15, -0.1) is 0 Å². The smallest absolute Gasteiger partial charge is 0.283 e. The van der Waals surface area contributed by atoms with Crippen molar-refractivity contribution in [2.24, 2.45) is 10.1 Å². The Morgan fingerprint density at radius 1 is 1.13 bits per heavy atom. The Hall–Kier alpha value is -3.19. The number of hydrogen-bond donors (Lipinski definition) is 1. The minimum atomic E-state index is -0.403. The summed E-state index contributed by atoms with van der Waals surface area (Å²) in [4.78, 5) is 18.9. The zero-order valence-corrected chi connectivity index (χ0v) is 18.0. The van der Waals surface area contributed by atoms with Crippen LogP contribution in [0.5, 0.6) is 0 Å². The Labute approximate surface area is 180 Å². The number of carbonyl (C=O) groups is 1. The van der Waals surface area contributed by atoms with E-state index in [1.807, 2.05) is 61.5 Å². The van der Waals surface area contributed by atoms with E-state index in [0.717, 1.165) is 22.7 Å². The van der Waals surface area contributed by atoms with Crippen molar-refractivity contribution in [2.75, 3.05) is 19.0 Å². The van der Waals surface area contributed by atoms with Crippen molar-refractivity contribution in [3.05, 3.63) is 71.3 Å². The summed E-state index contributed by atoms with van der Waals surface area (Å²) in [6.07, 6.45) is 2.58. The van der Waals surface area contributed by atoms with Gasteiger partial charge in [0.25, 0.3) is 5.91 Å². The quantitative estimate of drug-likeness (QED) is 0.724. The number of fused-ring (bicyclic) bond motifs is 1. The predicted octanol–water partition coefficient (Wildman–Crippen LogP) is 4.57. The molecule has 0 aliphatic carbocycles. The molecule has 0 aromatic heterocycles. The molecule has 2 aliphatic rings. The largest absolute Gasteiger partial charge is 0.378 e. The van der Waals surface area contributed by atoms with E-state index in [1.165, 1.54) is 22.3 Å². The van der Waals surface area contributed by atoms with Gasteiger partial charge in [-0.25, -0.2) is 0 Å². The predicted molar refractivity (Wildman–Crippen MR) is 125 cm³/mol. The highest BCUT2D eigenvalue weighted by molar-refractivity contribution is 8.27. The average Bonchev–Trinajstić information content (AvgIpc) is 3.16. The normalized spacial score (nSPS) is 18.2. The van der Waals surface area contributed by atoms with Crippen LogP contribution >= 0.6 is 11.8 Å². The maximum Gasteiger partial charge on any atom is 0.283 e. The molecule has 6 nitrogen and oxygen atoms in total. The molecule has 1 amide bonds. The van der Waals surface area contributed by atoms with Gasteiger partial charge in [0.2, 0.25) is 5.17 Å². The van der Waals surface area contributed by atoms with Crippen LogP contribution in [0.25, 0.3) is 6.08 Å². The summed E-state index contributed by atoms with van der Waals surface area (Å²) in [6.45, 7) is 2.11. The van der Waals surface area contributed by atoms with Crippen molar-refractivity contribution in [3.8, 4) is 0 Å². The molecule has 0 fully saturated rings. The molecule has 2 aliphatic heterocycles. The van der Waals surface area contributed by atoms with Crippen LogP contribution in [0.15, 0.2) is 70.3 Å². The minimum absolute atomic E-state index is 0.0621. The fourth-order valence-electron chi connectivity index (χ4n) is 3.42. The van der Waals surface area contributed by atoms with Gasteiger partial charge in [-0.1, -0.05) is 49.4 Å². The van der Waals surface area contributed by atoms with E-state index in [1.54, 1.807) is 6.08 Å². The summed E-state index contributed by atoms with van der Waals surface area (Å²) in [7, 11) is 3.95. The highest BCUT2D eigenvalue weighted by Crippen LogP contribution is 2.35. The van der Waals surface area contributed by atoms with Gasteiger partial charge in [-0.2, -0.15) is 15.1 Å². The first-order valence-electron chi connectivity index (χ1n) is 9.80. The fourth-order valence-corrected chi connectivity index (χ4v) is 4.52. The molecule has 0 unspecified atom stereocenters. The van der Waals surface area contributed by atoms with Crippen molar-refractivity contribution < 1.29 is 4.79 Å². The average molecular weight is 418 g/mol. The molecule has 0 radical (unpaired) electrons. The molecule has 7 heteroatoms. The number of amidine groups is 2. The van der Waals surface area contributed by atoms with Crippen molar-refractivity contribution in [1.29, 1.82) is 5.41 Å². The minimum Gasteiger partial charge on any atom is -0.378 e. The van der Waals surface area contributed by atoms with Crippen molar-refractivity contribution >= 4 is 45.5 Å². The van der Waals surface area contributed by atoms with Crippen molar-refractivity contribution in [3.63, 3.8) is 0 Å². The molecule has 0 bridgehead atoms. The number of hydrogen-bond acceptors (Lipinski definition) is 5. The Morgan fingerprint density at radius 2 is 1.83 bits per heavy atom. The molecule has 1 atom stereocenters. The second kappa shape index (κ2) is 8.28. The molecule has 2 aromatic carbocycles. The lowest BCUT2D eigenvalue weighted by Crippen LogP contribution is -2.35. The second-order valence-electron chi connectivity index (χ2n) is 7.32. The van der Waals surface area contributed by atoms with Gasteiger partial charge in [-0.3, -0.25) is 10.2 Å². The summed E-state index contributed by atoms with van der Waals surface area (Å²) >= 11 is 1.37. The van der Waals surface area contributed by atoms with Crippen LogP contribution in [0.4, 0.5) is 5.69 Å². The molecule has 2 heterocycles. The topological polar surface area (TPSA) is 72.1 Å². The summed E-state index contributed by atoms with van der Waals surface area (Å²) in [5.41, 5.74) is 3.33. The van der Waals surface area contributed by atoms with Crippen LogP contribution in [-0.4, -0.2) is 41.1 Å². The molecular weight excluding hydrogens is 394 g/mol. The third-order valence-corrected chi connectivity index (χ3v) is 6.12. The third-order valence-electron chi connectivity index (χ3n) is 5.10. The molecule has 0 spiro atoms. The van der Waals surface area contributed by atoms with E-state index in [0.29, 0.717) is 5.17 Å². The number of anilines is 1. The van der Waals surface area contributed by atoms with Crippen LogP contribution in [0, 0.1) is 5.41 Å². The highest BCUT2D eigenvalue weighted by atomic mass is 32.2. The molecule has 2 aromatic rings. The number of amides is 1. The molecule has 30 heavy (non-hydrogen) atoms. The Balaban J connectivity index is 1.63. The van der Waals surface area contributed by atoms with Crippen molar-refractivity contribution in [2.45, 2.75) is 19.3 Å². The molecule has 4 rings (SSSR count). The first-order valence-corrected chi connectivity index (χ1v) is 10.6. The zero-order chi connectivity index (χ0) is 21.3. The van der Waals surface area contributed by atoms with Gasteiger partial charge >= 0.3 is 0 Å². The van der Waals surface area contributed by atoms with Gasteiger partial charge in [0, 0.05) is 25.7 Å². The van der Waals surface area contributed by atoms with E-state index < -0.39 is 5.91 Å². The maximum absolute atomic E-state index is 12.6. The number of thioether (sulfide) groups is 1. The van der Waals surface area contributed by atoms with Crippen LogP contribution in [0.1, 0.15) is 30.4 Å². The van der Waals surface area contributed by atoms with Gasteiger partial charge in [-0.05, 0) is 47.5 Å². The van der Waals surface area contributed by atoms with E-state index in [9.17, 15) is 4.79 Å². The summed E-state index contributed by atoms with van der Waals surface area (Å²) < 4.78 is 0. The summed E-state index contributed by atoms with van der Waals surface area (Å²) in [5.74, 6) is -0.231. The number of hydrazone groups is 1. The standard InChI is InChI=1S/C23H23N5OS/c1-4-18(16-8-6-5-7-9-16)22-26-28-20(24)19(21(29)25-23(28)30-22)14-15-10-12-17(13-11-15)27(2)3/h5-14,18,24H,4H2,1-3H3/b19-14+,24-20?/t18-/m0/s1. The number of carbonyl (C=O) groups excluding carboxylic acids is 1. The number of aliphatic imine (C=N–C) groups is 1. The summed E-state index contributed by atoms with van der Waals surface area (Å²) in [6, 6.07) is 18.0. The van der Waals surface area contributed by atoms with E-state index in [4.69, 9.17) is 5.41 Å². The Bertz CT molecular complexity index is 1070. The molecule has 0 saturated heterocycles. The number of benzene rings is 2. The molecule has 152 valence electrons. The van der Waals surface area contributed by atoms with E-state index in [-0.39, 0.29) is 17.3 Å². The lowest BCUT2D eigenvalue weighted by molar-refractivity contribution is -0.114. The van der Waals surface area contributed by atoms with Gasteiger partial charge in [0.1, 0.15) is 5.04 Å². The summed E-state index contributed by atoms with van der Waals surface area (Å²) in [5, 5.41) is 16.0. The first-order chi connectivity index (χ1) is 14.5. The lowest BCUT2D eigenvalue weighted by Gasteiger charge is -2.20. The van der Waals surface area contributed by atoms with Gasteiger partial charge in [0.15, 0.2) is 5.84 Å². The van der Waals surface area contributed by atoms with Crippen LogP contribution in [0.2, 0.25) is 0 Å². The fraction of sp³-hybridized carbons (Fsp3) is 0.217. The zero-order valence-electron chi connectivity index (χ0n) is 17.2. The Kier molecular flexibility index (Phi) is 5.55.